The molecule has 0 aliphatic heterocycles. The summed E-state index contributed by atoms with van der Waals surface area (Å²) >= 11 is 4.73. The van der Waals surface area contributed by atoms with Crippen LogP contribution in [0.25, 0.3) is 0 Å². The van der Waals surface area contributed by atoms with E-state index in [1.54, 1.807) is 6.92 Å². The van der Waals surface area contributed by atoms with Gasteiger partial charge in [0.1, 0.15) is 0 Å². The predicted molar refractivity (Wildman–Crippen MR) is 56.3 cm³/mol. The van der Waals surface area contributed by atoms with Gasteiger partial charge in [0.15, 0.2) is 0 Å². The van der Waals surface area contributed by atoms with Crippen molar-refractivity contribution in [2.75, 3.05) is 6.54 Å². The van der Waals surface area contributed by atoms with Crippen molar-refractivity contribution in [1.29, 1.82) is 0 Å². The largest absolute Gasteiger partial charge is 0.393 e. The fourth-order valence-electron chi connectivity index (χ4n) is 1.09. The Morgan fingerprint density at radius 2 is 2.31 bits per heavy atom. The van der Waals surface area contributed by atoms with Crippen LogP contribution >= 0.6 is 12.2 Å². The van der Waals surface area contributed by atoms with E-state index in [4.69, 9.17) is 18.0 Å². The number of hydrogen-bond donors (Lipinski definition) is 2. The highest BCUT2D eigenvalue weighted by atomic mass is 32.1. The van der Waals surface area contributed by atoms with E-state index in [1.807, 2.05) is 0 Å². The molecule has 0 saturated heterocycles. The Kier molecular flexibility index (Phi) is 3.66. The Bertz CT molecular complexity index is 214. The van der Waals surface area contributed by atoms with E-state index >= 15 is 0 Å². The van der Waals surface area contributed by atoms with Crippen LogP contribution in [0, 0.1) is 11.8 Å². The summed E-state index contributed by atoms with van der Waals surface area (Å²) in [6.45, 7) is 2.49. The van der Waals surface area contributed by atoms with Crippen LogP contribution in [0.4, 0.5) is 0 Å². The SMILES string of the molecule is CC(C(=O)NCCC1CC1)C(N)=S. The van der Waals surface area contributed by atoms with Gasteiger partial charge in [-0.1, -0.05) is 25.1 Å². The van der Waals surface area contributed by atoms with Gasteiger partial charge in [0.25, 0.3) is 0 Å². The average Bonchev–Trinajstić information content (AvgIpc) is 2.86. The van der Waals surface area contributed by atoms with Crippen molar-refractivity contribution in [3.8, 4) is 0 Å². The Morgan fingerprint density at radius 1 is 1.69 bits per heavy atom. The van der Waals surface area contributed by atoms with E-state index in [-0.39, 0.29) is 16.8 Å². The number of rotatable bonds is 5. The first kappa shape index (κ1) is 10.4. The summed E-state index contributed by atoms with van der Waals surface area (Å²) < 4.78 is 0. The molecule has 13 heavy (non-hydrogen) atoms. The molecule has 0 spiro atoms. The van der Waals surface area contributed by atoms with Crippen molar-refractivity contribution in [3.05, 3.63) is 0 Å². The molecule has 1 atom stereocenters. The second-order valence-electron chi connectivity index (χ2n) is 3.65. The topological polar surface area (TPSA) is 55.1 Å². The van der Waals surface area contributed by atoms with E-state index in [2.05, 4.69) is 5.32 Å². The summed E-state index contributed by atoms with van der Waals surface area (Å²) in [5.41, 5.74) is 5.35. The molecule has 4 heteroatoms. The Balaban J connectivity index is 2.11. The van der Waals surface area contributed by atoms with Crippen LogP contribution < -0.4 is 11.1 Å². The van der Waals surface area contributed by atoms with Gasteiger partial charge in [-0.05, 0) is 19.3 Å². The lowest BCUT2D eigenvalue weighted by Crippen LogP contribution is -2.36. The Morgan fingerprint density at radius 3 is 2.77 bits per heavy atom. The van der Waals surface area contributed by atoms with Crippen LogP contribution in [-0.4, -0.2) is 17.4 Å². The van der Waals surface area contributed by atoms with E-state index in [1.165, 1.54) is 12.8 Å². The van der Waals surface area contributed by atoms with Gasteiger partial charge in [0, 0.05) is 6.54 Å². The molecule has 1 aliphatic rings. The van der Waals surface area contributed by atoms with Crippen LogP contribution in [0.15, 0.2) is 0 Å². The molecule has 0 aromatic heterocycles. The fourth-order valence-corrected chi connectivity index (χ4v) is 1.20. The minimum Gasteiger partial charge on any atom is -0.393 e. The summed E-state index contributed by atoms with van der Waals surface area (Å²) in [6.07, 6.45) is 3.73. The second-order valence-corrected chi connectivity index (χ2v) is 4.12. The molecule has 1 saturated carbocycles. The number of amides is 1. The minimum atomic E-state index is -0.339. The molecular weight excluding hydrogens is 184 g/mol. The van der Waals surface area contributed by atoms with Crippen molar-refractivity contribution in [1.82, 2.24) is 5.32 Å². The number of nitrogens with two attached hydrogens (primary N) is 1. The molecule has 1 amide bonds. The molecule has 3 N–H and O–H groups in total. The normalized spacial score (nSPS) is 17.9. The van der Waals surface area contributed by atoms with Crippen LogP contribution in [0.5, 0.6) is 0 Å². The maximum Gasteiger partial charge on any atom is 0.229 e. The van der Waals surface area contributed by atoms with E-state index in [9.17, 15) is 4.79 Å². The second kappa shape index (κ2) is 4.56. The molecule has 1 rings (SSSR count). The zero-order valence-corrected chi connectivity index (χ0v) is 8.69. The van der Waals surface area contributed by atoms with Crippen molar-refractivity contribution in [2.24, 2.45) is 17.6 Å². The number of nitrogens with one attached hydrogen (secondary N) is 1. The monoisotopic (exact) mass is 200 g/mol. The van der Waals surface area contributed by atoms with Crippen LogP contribution in [0.1, 0.15) is 26.2 Å². The third kappa shape index (κ3) is 3.72. The van der Waals surface area contributed by atoms with Crippen LogP contribution in [0.3, 0.4) is 0 Å². The lowest BCUT2D eigenvalue weighted by atomic mass is 10.1. The van der Waals surface area contributed by atoms with Gasteiger partial charge in [0.05, 0.1) is 10.9 Å². The van der Waals surface area contributed by atoms with E-state index < -0.39 is 0 Å². The van der Waals surface area contributed by atoms with Gasteiger partial charge >= 0.3 is 0 Å². The molecule has 1 fully saturated rings. The van der Waals surface area contributed by atoms with E-state index in [0.29, 0.717) is 0 Å². The smallest absolute Gasteiger partial charge is 0.229 e. The van der Waals surface area contributed by atoms with Crippen molar-refractivity contribution < 1.29 is 4.79 Å². The summed E-state index contributed by atoms with van der Waals surface area (Å²) in [5, 5.41) is 2.83. The van der Waals surface area contributed by atoms with Crippen LogP contribution in [0.2, 0.25) is 0 Å². The predicted octanol–water partition coefficient (Wildman–Crippen LogP) is 0.825. The molecule has 3 nitrogen and oxygen atoms in total. The highest BCUT2D eigenvalue weighted by Crippen LogP contribution is 2.31. The number of hydrogen-bond acceptors (Lipinski definition) is 2. The van der Waals surface area contributed by atoms with Crippen molar-refractivity contribution >= 4 is 23.1 Å². The quantitative estimate of drug-likeness (QED) is 0.646. The standard InChI is InChI=1S/C9H16N2OS/c1-6(8(10)13)9(12)11-5-4-7-2-3-7/h6-7H,2-5H2,1H3,(H2,10,13)(H,11,12). The van der Waals surface area contributed by atoms with Gasteiger partial charge in [-0.2, -0.15) is 0 Å². The molecule has 0 bridgehead atoms. The lowest BCUT2D eigenvalue weighted by Gasteiger charge is -2.09. The molecular formula is C9H16N2OS. The highest BCUT2D eigenvalue weighted by molar-refractivity contribution is 7.80. The van der Waals surface area contributed by atoms with Gasteiger partial charge in [-0.15, -0.1) is 0 Å². The third-order valence-corrected chi connectivity index (χ3v) is 2.72. The maximum atomic E-state index is 11.3. The molecule has 1 unspecified atom stereocenters. The van der Waals surface area contributed by atoms with E-state index in [0.717, 1.165) is 18.9 Å². The molecule has 0 radical (unpaired) electrons. The number of carbonyl (C=O) groups is 1. The highest BCUT2D eigenvalue weighted by Gasteiger charge is 2.21. The zero-order valence-electron chi connectivity index (χ0n) is 7.88. The summed E-state index contributed by atoms with van der Waals surface area (Å²) in [7, 11) is 0. The first-order valence-corrected chi connectivity index (χ1v) is 5.09. The summed E-state index contributed by atoms with van der Waals surface area (Å²) in [5.74, 6) is 0.461. The maximum absolute atomic E-state index is 11.3. The first-order valence-electron chi connectivity index (χ1n) is 4.68. The zero-order chi connectivity index (χ0) is 9.84. The third-order valence-electron chi connectivity index (χ3n) is 2.37. The number of carbonyl (C=O) groups excluding carboxylic acids is 1. The van der Waals surface area contributed by atoms with Gasteiger partial charge in [-0.3, -0.25) is 4.79 Å². The average molecular weight is 200 g/mol. The van der Waals surface area contributed by atoms with Crippen molar-refractivity contribution in [2.45, 2.75) is 26.2 Å². The van der Waals surface area contributed by atoms with Gasteiger partial charge in [-0.25, -0.2) is 0 Å². The fraction of sp³-hybridized carbons (Fsp3) is 0.778. The Labute approximate surface area is 84.1 Å². The summed E-state index contributed by atoms with van der Waals surface area (Å²) in [6, 6.07) is 0. The lowest BCUT2D eigenvalue weighted by molar-refractivity contribution is -0.122. The molecule has 0 aromatic rings. The Hall–Kier alpha value is -0.640. The van der Waals surface area contributed by atoms with Crippen LogP contribution in [-0.2, 0) is 4.79 Å². The number of thiocarbonyl (C=S) groups is 1. The minimum absolute atomic E-state index is 0.0480. The first-order chi connectivity index (χ1) is 6.11. The molecule has 1 aliphatic carbocycles. The summed E-state index contributed by atoms with van der Waals surface area (Å²) in [4.78, 5) is 11.6. The molecule has 74 valence electrons. The molecule has 0 heterocycles. The van der Waals surface area contributed by atoms with Crippen molar-refractivity contribution in [3.63, 3.8) is 0 Å². The van der Waals surface area contributed by atoms with Gasteiger partial charge in [0.2, 0.25) is 5.91 Å². The molecule has 0 aromatic carbocycles. The van der Waals surface area contributed by atoms with Gasteiger partial charge < -0.3 is 11.1 Å².